The minimum atomic E-state index is -3.76. The van der Waals surface area contributed by atoms with Gasteiger partial charge in [-0.15, -0.1) is 0 Å². The Morgan fingerprint density at radius 2 is 1.64 bits per heavy atom. The Balaban J connectivity index is 2.34. The molecule has 1 heterocycles. The fourth-order valence-corrected chi connectivity index (χ4v) is 3.98. The molecule has 22 heavy (non-hydrogen) atoms. The van der Waals surface area contributed by atoms with Gasteiger partial charge in [0.1, 0.15) is 5.03 Å². The molecular formula is C17H15NO3S. The lowest BCUT2D eigenvalue weighted by Gasteiger charge is -2.05. The molecule has 0 fully saturated rings. The first-order valence-corrected chi connectivity index (χ1v) is 8.48. The molecule has 0 saturated carbocycles. The van der Waals surface area contributed by atoms with Crippen LogP contribution in [0.2, 0.25) is 0 Å². The van der Waals surface area contributed by atoms with Crippen molar-refractivity contribution in [3.63, 3.8) is 0 Å². The van der Waals surface area contributed by atoms with Crippen LogP contribution in [0.3, 0.4) is 0 Å². The number of aromatic amines is 1. The Bertz CT molecular complexity index is 940. The van der Waals surface area contributed by atoms with Crippen LogP contribution in [-0.2, 0) is 9.84 Å². The Morgan fingerprint density at radius 1 is 1.00 bits per heavy atom. The van der Waals surface area contributed by atoms with E-state index < -0.39 is 9.84 Å². The lowest BCUT2D eigenvalue weighted by Crippen LogP contribution is -2.08. The van der Waals surface area contributed by atoms with Gasteiger partial charge in [0, 0.05) is 17.3 Å². The summed E-state index contributed by atoms with van der Waals surface area (Å²) in [4.78, 5) is 15.4. The zero-order valence-electron chi connectivity index (χ0n) is 12.0. The van der Waals surface area contributed by atoms with Crippen LogP contribution in [0.25, 0.3) is 10.9 Å². The van der Waals surface area contributed by atoms with Gasteiger partial charge in [-0.05, 0) is 18.2 Å². The number of carbonyl (C=O) groups is 1. The smallest absolute Gasteiger partial charge is 0.222 e. The minimum Gasteiger partial charge on any atom is -0.345 e. The first-order chi connectivity index (χ1) is 10.6. The number of Topliss-reactive ketones (excluding diaryl/α,β-unsaturated/α-hetero) is 1. The van der Waals surface area contributed by atoms with E-state index in [1.165, 1.54) is 12.1 Å². The summed E-state index contributed by atoms with van der Waals surface area (Å²) in [6.45, 7) is 1.73. The number of ketones is 1. The second-order valence-electron chi connectivity index (χ2n) is 4.97. The largest absolute Gasteiger partial charge is 0.345 e. The van der Waals surface area contributed by atoms with E-state index in [1.807, 2.05) is 0 Å². The number of aromatic nitrogens is 1. The van der Waals surface area contributed by atoms with Crippen molar-refractivity contribution in [2.75, 3.05) is 0 Å². The number of hydrogen-bond acceptors (Lipinski definition) is 3. The SMILES string of the molecule is CCC(=O)c1c(S(=O)(=O)c2ccccc2)[nH]c2ccccc12. The second-order valence-corrected chi connectivity index (χ2v) is 6.85. The molecule has 112 valence electrons. The van der Waals surface area contributed by atoms with Gasteiger partial charge >= 0.3 is 0 Å². The maximum atomic E-state index is 12.9. The number of para-hydroxylation sites is 1. The van der Waals surface area contributed by atoms with Crippen LogP contribution in [0.1, 0.15) is 23.7 Å². The third-order valence-electron chi connectivity index (χ3n) is 3.59. The molecule has 1 N–H and O–H groups in total. The van der Waals surface area contributed by atoms with E-state index in [1.54, 1.807) is 49.4 Å². The highest BCUT2D eigenvalue weighted by Gasteiger charge is 2.28. The third kappa shape index (κ3) is 2.23. The van der Waals surface area contributed by atoms with Crippen LogP contribution in [0.5, 0.6) is 0 Å². The van der Waals surface area contributed by atoms with Crippen molar-refractivity contribution in [1.29, 1.82) is 0 Å². The van der Waals surface area contributed by atoms with E-state index in [2.05, 4.69) is 4.98 Å². The Kier molecular flexibility index (Phi) is 3.58. The van der Waals surface area contributed by atoms with Crippen LogP contribution in [0.4, 0.5) is 0 Å². The van der Waals surface area contributed by atoms with Crippen LogP contribution in [0.15, 0.2) is 64.5 Å². The van der Waals surface area contributed by atoms with Gasteiger partial charge in [0.2, 0.25) is 9.84 Å². The summed E-state index contributed by atoms with van der Waals surface area (Å²) in [6.07, 6.45) is 0.249. The molecule has 3 rings (SSSR count). The first-order valence-electron chi connectivity index (χ1n) is 6.99. The molecule has 0 aliphatic rings. The van der Waals surface area contributed by atoms with Crippen molar-refractivity contribution in [3.8, 4) is 0 Å². The third-order valence-corrected chi connectivity index (χ3v) is 5.33. The van der Waals surface area contributed by atoms with Gasteiger partial charge in [-0.25, -0.2) is 8.42 Å². The first kappa shape index (κ1) is 14.5. The number of hydrogen-bond donors (Lipinski definition) is 1. The predicted octanol–water partition coefficient (Wildman–Crippen LogP) is 3.59. The second kappa shape index (κ2) is 5.42. The molecule has 3 aromatic rings. The molecule has 0 unspecified atom stereocenters. The lowest BCUT2D eigenvalue weighted by molar-refractivity contribution is 0.0986. The summed E-state index contributed by atoms with van der Waals surface area (Å²) in [5, 5.41) is 0.621. The van der Waals surface area contributed by atoms with Crippen LogP contribution >= 0.6 is 0 Å². The standard InChI is InChI=1S/C17H15NO3S/c1-2-15(19)16-13-10-6-7-11-14(13)18-17(16)22(20,21)12-8-4-3-5-9-12/h3-11,18H,2H2,1H3. The van der Waals surface area contributed by atoms with E-state index in [4.69, 9.17) is 0 Å². The topological polar surface area (TPSA) is 67.0 Å². The van der Waals surface area contributed by atoms with Gasteiger partial charge in [0.15, 0.2) is 5.78 Å². The average Bonchev–Trinajstić information content (AvgIpc) is 2.95. The zero-order chi connectivity index (χ0) is 15.7. The van der Waals surface area contributed by atoms with Gasteiger partial charge in [-0.2, -0.15) is 0 Å². The van der Waals surface area contributed by atoms with Gasteiger partial charge in [0.05, 0.1) is 10.5 Å². The van der Waals surface area contributed by atoms with Crippen LogP contribution in [0, 0.1) is 0 Å². The van der Waals surface area contributed by atoms with E-state index in [0.717, 1.165) is 0 Å². The Labute approximate surface area is 128 Å². The molecular weight excluding hydrogens is 298 g/mol. The zero-order valence-corrected chi connectivity index (χ0v) is 12.9. The van der Waals surface area contributed by atoms with Crippen molar-refractivity contribution in [2.45, 2.75) is 23.3 Å². The summed E-state index contributed by atoms with van der Waals surface area (Å²) in [7, 11) is -3.76. The van der Waals surface area contributed by atoms with Crippen molar-refractivity contribution in [2.24, 2.45) is 0 Å². The quantitative estimate of drug-likeness (QED) is 0.748. The Morgan fingerprint density at radius 3 is 2.32 bits per heavy atom. The van der Waals surface area contributed by atoms with E-state index in [-0.39, 0.29) is 27.7 Å². The highest BCUT2D eigenvalue weighted by Crippen LogP contribution is 2.30. The molecule has 2 aromatic carbocycles. The maximum absolute atomic E-state index is 12.9. The van der Waals surface area contributed by atoms with Crippen molar-refractivity contribution >= 4 is 26.5 Å². The fraction of sp³-hybridized carbons (Fsp3) is 0.118. The summed E-state index contributed by atoms with van der Waals surface area (Å²) >= 11 is 0. The molecule has 0 amide bonds. The molecule has 0 spiro atoms. The van der Waals surface area contributed by atoms with Gasteiger partial charge in [-0.1, -0.05) is 43.3 Å². The minimum absolute atomic E-state index is 0.0215. The summed E-state index contributed by atoms with van der Waals surface area (Å²) in [5.74, 6) is -0.188. The normalized spacial score (nSPS) is 11.7. The lowest BCUT2D eigenvalue weighted by atomic mass is 10.1. The molecule has 0 atom stereocenters. The van der Waals surface area contributed by atoms with Crippen molar-refractivity contribution < 1.29 is 13.2 Å². The van der Waals surface area contributed by atoms with E-state index in [0.29, 0.717) is 10.9 Å². The average molecular weight is 313 g/mol. The molecule has 1 aromatic heterocycles. The number of benzene rings is 2. The summed E-state index contributed by atoms with van der Waals surface area (Å²) in [5.41, 5.74) is 0.899. The number of carbonyl (C=O) groups excluding carboxylic acids is 1. The molecule has 0 aliphatic heterocycles. The number of H-pyrrole nitrogens is 1. The highest BCUT2D eigenvalue weighted by molar-refractivity contribution is 7.91. The predicted molar refractivity (Wildman–Crippen MR) is 84.8 cm³/mol. The molecule has 0 saturated heterocycles. The maximum Gasteiger partial charge on any atom is 0.222 e. The fourth-order valence-electron chi connectivity index (χ4n) is 2.49. The number of fused-ring (bicyclic) bond motifs is 1. The van der Waals surface area contributed by atoms with Gasteiger partial charge in [-0.3, -0.25) is 4.79 Å². The number of rotatable bonds is 4. The van der Waals surface area contributed by atoms with Crippen LogP contribution < -0.4 is 0 Å². The van der Waals surface area contributed by atoms with Crippen molar-refractivity contribution in [1.82, 2.24) is 4.98 Å². The molecule has 0 aliphatic carbocycles. The van der Waals surface area contributed by atoms with E-state index in [9.17, 15) is 13.2 Å². The number of sulfone groups is 1. The Hall–Kier alpha value is -2.40. The highest BCUT2D eigenvalue weighted by atomic mass is 32.2. The molecule has 4 nitrogen and oxygen atoms in total. The van der Waals surface area contributed by atoms with Crippen molar-refractivity contribution in [3.05, 3.63) is 60.2 Å². The van der Waals surface area contributed by atoms with E-state index >= 15 is 0 Å². The molecule has 0 bridgehead atoms. The number of nitrogens with one attached hydrogen (secondary N) is 1. The summed E-state index contributed by atoms with van der Waals surface area (Å²) in [6, 6.07) is 15.3. The van der Waals surface area contributed by atoms with Gasteiger partial charge < -0.3 is 4.98 Å². The van der Waals surface area contributed by atoms with Gasteiger partial charge in [0.25, 0.3) is 0 Å². The monoisotopic (exact) mass is 313 g/mol. The van der Waals surface area contributed by atoms with Crippen LogP contribution in [-0.4, -0.2) is 19.2 Å². The molecule has 5 heteroatoms. The summed E-state index contributed by atoms with van der Waals surface area (Å²) < 4.78 is 25.7. The molecule has 0 radical (unpaired) electrons.